The lowest BCUT2D eigenvalue weighted by molar-refractivity contribution is 0.101. The summed E-state index contributed by atoms with van der Waals surface area (Å²) in [5.41, 5.74) is 4.14. The van der Waals surface area contributed by atoms with Crippen LogP contribution in [0.5, 0.6) is 0 Å². The molecule has 3 aromatic rings. The Labute approximate surface area is 151 Å². The lowest BCUT2D eigenvalue weighted by atomic mass is 10.0. The molecule has 0 unspecified atom stereocenters. The predicted molar refractivity (Wildman–Crippen MR) is 101 cm³/mol. The molecule has 0 bridgehead atoms. The Morgan fingerprint density at radius 2 is 1.96 bits per heavy atom. The van der Waals surface area contributed by atoms with Crippen molar-refractivity contribution in [2.24, 2.45) is 0 Å². The van der Waals surface area contributed by atoms with Crippen molar-refractivity contribution < 1.29 is 4.79 Å². The first kappa shape index (κ1) is 16.2. The van der Waals surface area contributed by atoms with Gasteiger partial charge in [0.25, 0.3) is 0 Å². The van der Waals surface area contributed by atoms with E-state index < -0.39 is 0 Å². The molecule has 2 heterocycles. The van der Waals surface area contributed by atoms with E-state index in [1.807, 2.05) is 12.1 Å². The Kier molecular flexibility index (Phi) is 4.31. The number of aromatic nitrogens is 3. The molecule has 1 N–H and O–H groups in total. The molecule has 6 nitrogen and oxygen atoms in total. The zero-order valence-electron chi connectivity index (χ0n) is 14.5. The maximum atomic E-state index is 11.5. The number of ketones is 1. The monoisotopic (exact) mass is 345 g/mol. The van der Waals surface area contributed by atoms with E-state index in [0.29, 0.717) is 17.3 Å². The van der Waals surface area contributed by atoms with Crippen LogP contribution in [-0.4, -0.2) is 27.5 Å². The van der Waals surface area contributed by atoms with Gasteiger partial charge in [0.2, 0.25) is 5.95 Å². The summed E-state index contributed by atoms with van der Waals surface area (Å²) in [4.78, 5) is 18.3. The number of benzene rings is 2. The number of anilines is 3. The second-order valence-corrected chi connectivity index (χ2v) is 6.34. The van der Waals surface area contributed by atoms with Crippen LogP contribution in [0.25, 0.3) is 0 Å². The second kappa shape index (κ2) is 6.92. The first-order chi connectivity index (χ1) is 12.7. The molecular formula is C20H19N5O. The largest absolute Gasteiger partial charge is 0.339 e. The molecule has 2 aromatic carbocycles. The molecule has 130 valence electrons. The number of Topliss-reactive ketones (excluding diaryl/α,β-unsaturated/α-hetero) is 1. The molecule has 4 rings (SSSR count). The number of carbonyl (C=O) groups is 1. The number of nitrogens with one attached hydrogen (secondary N) is 1. The summed E-state index contributed by atoms with van der Waals surface area (Å²) < 4.78 is 0. The Morgan fingerprint density at radius 3 is 2.81 bits per heavy atom. The fraction of sp³-hybridized carbons (Fsp3) is 0.200. The Balaban J connectivity index is 1.54. The molecule has 0 aliphatic carbocycles. The highest BCUT2D eigenvalue weighted by Gasteiger charge is 2.18. The van der Waals surface area contributed by atoms with Gasteiger partial charge < -0.3 is 10.2 Å². The van der Waals surface area contributed by atoms with E-state index in [1.54, 1.807) is 25.3 Å². The van der Waals surface area contributed by atoms with E-state index in [0.717, 1.165) is 25.2 Å². The summed E-state index contributed by atoms with van der Waals surface area (Å²) in [5.74, 6) is 1.24. The third-order valence-corrected chi connectivity index (χ3v) is 4.50. The van der Waals surface area contributed by atoms with Gasteiger partial charge >= 0.3 is 0 Å². The van der Waals surface area contributed by atoms with E-state index in [2.05, 4.69) is 49.7 Å². The topological polar surface area (TPSA) is 71.0 Å². The zero-order valence-corrected chi connectivity index (χ0v) is 14.5. The highest BCUT2D eigenvalue weighted by molar-refractivity contribution is 5.95. The minimum absolute atomic E-state index is 0.0298. The summed E-state index contributed by atoms with van der Waals surface area (Å²) in [6.07, 6.45) is 2.56. The lowest BCUT2D eigenvalue weighted by Gasteiger charge is -2.28. The van der Waals surface area contributed by atoms with Gasteiger partial charge in [-0.1, -0.05) is 36.4 Å². The molecule has 1 aromatic heterocycles. The standard InChI is InChI=1S/C20H19N5O/c1-14(26)16-7-4-8-18(11-16)22-19-12-21-24-20(23-19)25-10-9-15-5-2-3-6-17(15)13-25/h2-8,11-12H,9-10,13H2,1H3,(H,22,23,24). The van der Waals surface area contributed by atoms with Crippen molar-refractivity contribution >= 4 is 23.2 Å². The van der Waals surface area contributed by atoms with Gasteiger partial charge in [-0.3, -0.25) is 4.79 Å². The molecule has 0 saturated carbocycles. The normalized spacial score (nSPS) is 13.2. The van der Waals surface area contributed by atoms with Crippen molar-refractivity contribution in [2.75, 3.05) is 16.8 Å². The van der Waals surface area contributed by atoms with E-state index in [9.17, 15) is 4.79 Å². The van der Waals surface area contributed by atoms with Crippen molar-refractivity contribution in [3.8, 4) is 0 Å². The Hall–Kier alpha value is -3.28. The summed E-state index contributed by atoms with van der Waals surface area (Å²) in [7, 11) is 0. The number of nitrogens with zero attached hydrogens (tertiary/aromatic N) is 4. The lowest BCUT2D eigenvalue weighted by Crippen LogP contribution is -2.32. The predicted octanol–water partition coefficient (Wildman–Crippen LogP) is 3.38. The zero-order chi connectivity index (χ0) is 17.9. The molecule has 1 aliphatic heterocycles. The average molecular weight is 345 g/mol. The number of carbonyl (C=O) groups excluding carboxylic acids is 1. The molecule has 0 amide bonds. The van der Waals surface area contributed by atoms with Crippen LogP contribution in [0, 0.1) is 0 Å². The number of hydrogen-bond acceptors (Lipinski definition) is 6. The molecule has 0 atom stereocenters. The van der Waals surface area contributed by atoms with E-state index in [4.69, 9.17) is 0 Å². The molecule has 0 fully saturated rings. The van der Waals surface area contributed by atoms with Crippen LogP contribution >= 0.6 is 0 Å². The molecular weight excluding hydrogens is 326 g/mol. The summed E-state index contributed by atoms with van der Waals surface area (Å²) in [5, 5.41) is 11.5. The molecule has 26 heavy (non-hydrogen) atoms. The fourth-order valence-corrected chi connectivity index (χ4v) is 3.12. The van der Waals surface area contributed by atoms with E-state index in [-0.39, 0.29) is 5.78 Å². The van der Waals surface area contributed by atoms with Crippen molar-refractivity contribution in [3.05, 3.63) is 71.4 Å². The molecule has 1 aliphatic rings. The molecule has 0 saturated heterocycles. The maximum Gasteiger partial charge on any atom is 0.247 e. The van der Waals surface area contributed by atoms with Gasteiger partial charge in [-0.15, -0.1) is 5.10 Å². The van der Waals surface area contributed by atoms with Crippen molar-refractivity contribution in [1.82, 2.24) is 15.2 Å². The molecule has 6 heteroatoms. The van der Waals surface area contributed by atoms with E-state index in [1.165, 1.54) is 11.1 Å². The van der Waals surface area contributed by atoms with Crippen LogP contribution in [-0.2, 0) is 13.0 Å². The fourth-order valence-electron chi connectivity index (χ4n) is 3.12. The number of rotatable bonds is 4. The maximum absolute atomic E-state index is 11.5. The summed E-state index contributed by atoms with van der Waals surface area (Å²) >= 11 is 0. The highest BCUT2D eigenvalue weighted by Crippen LogP contribution is 2.23. The van der Waals surface area contributed by atoms with Crippen molar-refractivity contribution in [3.63, 3.8) is 0 Å². The van der Waals surface area contributed by atoms with Crippen molar-refractivity contribution in [1.29, 1.82) is 0 Å². The number of hydrogen-bond donors (Lipinski definition) is 1. The van der Waals surface area contributed by atoms with Gasteiger partial charge in [0, 0.05) is 24.3 Å². The van der Waals surface area contributed by atoms with Crippen LogP contribution in [0.4, 0.5) is 17.5 Å². The molecule has 0 spiro atoms. The summed E-state index contributed by atoms with van der Waals surface area (Å²) in [6.45, 7) is 3.20. The SMILES string of the molecule is CC(=O)c1cccc(Nc2cnnc(N3CCc4ccccc4C3)n2)c1. The number of fused-ring (bicyclic) bond motifs is 1. The molecule has 0 radical (unpaired) electrons. The Morgan fingerprint density at radius 1 is 1.12 bits per heavy atom. The summed E-state index contributed by atoms with van der Waals surface area (Å²) in [6, 6.07) is 15.8. The minimum Gasteiger partial charge on any atom is -0.339 e. The first-order valence-electron chi connectivity index (χ1n) is 8.58. The third kappa shape index (κ3) is 3.39. The van der Waals surface area contributed by atoms with E-state index >= 15 is 0 Å². The van der Waals surface area contributed by atoms with Crippen LogP contribution in [0.1, 0.15) is 28.4 Å². The first-order valence-corrected chi connectivity index (χ1v) is 8.58. The smallest absolute Gasteiger partial charge is 0.247 e. The second-order valence-electron chi connectivity index (χ2n) is 6.34. The highest BCUT2D eigenvalue weighted by atomic mass is 16.1. The van der Waals surface area contributed by atoms with Crippen molar-refractivity contribution in [2.45, 2.75) is 19.9 Å². The minimum atomic E-state index is 0.0298. The van der Waals surface area contributed by atoms with Gasteiger partial charge in [0.15, 0.2) is 11.6 Å². The third-order valence-electron chi connectivity index (χ3n) is 4.50. The average Bonchev–Trinajstić information content (AvgIpc) is 2.68. The quantitative estimate of drug-likeness (QED) is 0.731. The van der Waals surface area contributed by atoms with Crippen LogP contribution < -0.4 is 10.2 Å². The van der Waals surface area contributed by atoms with Gasteiger partial charge in [0.1, 0.15) is 0 Å². The van der Waals surface area contributed by atoms with Gasteiger partial charge in [-0.2, -0.15) is 10.1 Å². The van der Waals surface area contributed by atoms with Crippen LogP contribution in [0.3, 0.4) is 0 Å². The Bertz CT molecular complexity index is 956. The van der Waals surface area contributed by atoms with Gasteiger partial charge in [-0.25, -0.2) is 0 Å². The van der Waals surface area contributed by atoms with Crippen LogP contribution in [0.15, 0.2) is 54.7 Å². The van der Waals surface area contributed by atoms with Crippen LogP contribution in [0.2, 0.25) is 0 Å². The van der Waals surface area contributed by atoms with Gasteiger partial charge in [-0.05, 0) is 36.6 Å². The van der Waals surface area contributed by atoms with Gasteiger partial charge in [0.05, 0.1) is 6.20 Å².